The fourth-order valence-corrected chi connectivity index (χ4v) is 5.48. The average Bonchev–Trinajstić information content (AvgIpc) is 3.21. The largest absolute Gasteiger partial charge is 0.760 e. The monoisotopic (exact) mass is 629 g/mol. The zero-order valence-electron chi connectivity index (χ0n) is 19.2. The number of halogens is 2. The maximum Gasteiger partial charge on any atom is 0.407 e. The van der Waals surface area contributed by atoms with Gasteiger partial charge in [0, 0.05) is 47.1 Å². The maximum atomic E-state index is 13.4. The molecule has 36 heavy (non-hydrogen) atoms. The first-order chi connectivity index (χ1) is 17.2. The Bertz CT molecular complexity index is 1320. The molecule has 0 radical (unpaired) electrons. The molecule has 1 fully saturated rings. The highest BCUT2D eigenvalue weighted by molar-refractivity contribution is 14.1. The number of fused-ring (bicyclic) bond motifs is 1. The molecule has 192 valence electrons. The number of furan rings is 1. The van der Waals surface area contributed by atoms with Gasteiger partial charge in [0.1, 0.15) is 11.6 Å². The molecule has 3 heterocycles. The van der Waals surface area contributed by atoms with E-state index in [1.54, 1.807) is 6.07 Å². The number of carboxylic acid groups (broad SMARTS) is 1. The minimum atomic E-state index is -2.57. The van der Waals surface area contributed by atoms with E-state index in [2.05, 4.69) is 10.3 Å². The number of pyridine rings is 1. The first-order valence-corrected chi connectivity index (χ1v) is 13.2. The molecule has 0 bridgehead atoms. The van der Waals surface area contributed by atoms with Crippen molar-refractivity contribution in [3.8, 4) is 11.3 Å². The van der Waals surface area contributed by atoms with Crippen LogP contribution < -0.4 is 5.32 Å². The molecule has 2 unspecified atom stereocenters. The van der Waals surface area contributed by atoms with Crippen LogP contribution in [0.5, 0.6) is 0 Å². The van der Waals surface area contributed by atoms with Gasteiger partial charge in [0.2, 0.25) is 5.71 Å². The van der Waals surface area contributed by atoms with Crippen LogP contribution in [-0.2, 0) is 17.8 Å². The molecule has 1 aliphatic heterocycles. The van der Waals surface area contributed by atoms with Crippen molar-refractivity contribution >= 4 is 57.0 Å². The number of hydrogen-bond donors (Lipinski definition) is 2. The summed E-state index contributed by atoms with van der Waals surface area (Å²) in [5.41, 5.74) is 1.32. The standard InChI is InChI=1S/C23H24FIN4O6S/c1-26-21(30)19-16-9-17(25)18(27-22(16)35-20(19)14-4-6-15(24)7-5-14)12-29(36(33)34)11-13-3-2-8-28(10-13)23(31)32/h4-7,9,13H,2-3,8,10-12H2,1H3,(H,26,30)(H,31,32)(H,33,34)/p-1. The van der Waals surface area contributed by atoms with Gasteiger partial charge in [-0.1, -0.05) is 0 Å². The van der Waals surface area contributed by atoms with Crippen molar-refractivity contribution in [2.75, 3.05) is 26.7 Å². The Kier molecular flexibility index (Phi) is 8.22. The van der Waals surface area contributed by atoms with Crippen LogP contribution in [0.15, 0.2) is 34.7 Å². The van der Waals surface area contributed by atoms with Crippen molar-refractivity contribution in [1.82, 2.24) is 19.5 Å². The van der Waals surface area contributed by atoms with E-state index in [0.29, 0.717) is 33.2 Å². The predicted molar refractivity (Wildman–Crippen MR) is 137 cm³/mol. The Morgan fingerprint density at radius 2 is 2.11 bits per heavy atom. The molecular weight excluding hydrogens is 606 g/mol. The SMILES string of the molecule is CNC(=O)c1c(-c2ccc(F)cc2)oc2nc(CN(CC3CCCN(C(=O)O)C3)S(=O)[O-])c(I)cc12. The number of likely N-dealkylation sites (tertiary alicyclic amines) is 1. The second-order valence-electron chi connectivity index (χ2n) is 8.44. The first kappa shape index (κ1) is 26.4. The number of piperidine rings is 1. The molecular formula is C23H23FIN4O6S-. The Morgan fingerprint density at radius 3 is 2.75 bits per heavy atom. The lowest BCUT2D eigenvalue weighted by Gasteiger charge is -2.34. The summed E-state index contributed by atoms with van der Waals surface area (Å²) in [6.07, 6.45) is 0.368. The van der Waals surface area contributed by atoms with E-state index in [1.807, 2.05) is 22.6 Å². The van der Waals surface area contributed by atoms with E-state index in [0.717, 1.165) is 6.42 Å². The molecule has 1 saturated heterocycles. The quantitative estimate of drug-likeness (QED) is 0.301. The van der Waals surface area contributed by atoms with Gasteiger partial charge >= 0.3 is 6.09 Å². The third-order valence-corrected chi connectivity index (χ3v) is 7.69. The van der Waals surface area contributed by atoms with Gasteiger partial charge in [0.05, 0.1) is 23.2 Å². The highest BCUT2D eigenvalue weighted by atomic mass is 127. The molecule has 10 nitrogen and oxygen atoms in total. The van der Waals surface area contributed by atoms with Crippen molar-refractivity contribution in [3.63, 3.8) is 0 Å². The molecule has 0 spiro atoms. The Hall–Kier alpha value is -2.62. The number of rotatable bonds is 7. The highest BCUT2D eigenvalue weighted by Crippen LogP contribution is 2.34. The molecule has 13 heteroatoms. The number of nitrogens with one attached hydrogen (secondary N) is 1. The normalized spacial score (nSPS) is 16.9. The topological polar surface area (TPSA) is 139 Å². The zero-order valence-corrected chi connectivity index (χ0v) is 22.2. The van der Waals surface area contributed by atoms with Crippen molar-refractivity contribution < 1.29 is 32.3 Å². The van der Waals surface area contributed by atoms with E-state index in [4.69, 9.17) is 4.42 Å². The number of nitrogens with zero attached hydrogens (tertiary/aromatic N) is 3. The summed E-state index contributed by atoms with van der Waals surface area (Å²) in [6, 6.07) is 7.22. The minimum absolute atomic E-state index is 0.0458. The molecule has 1 aliphatic rings. The average molecular weight is 629 g/mol. The van der Waals surface area contributed by atoms with Crippen molar-refractivity contribution in [2.24, 2.45) is 5.92 Å². The van der Waals surface area contributed by atoms with Gasteiger partial charge < -0.3 is 24.3 Å². The van der Waals surface area contributed by atoms with Crippen LogP contribution in [0.25, 0.3) is 22.4 Å². The van der Waals surface area contributed by atoms with Crippen LogP contribution >= 0.6 is 22.6 Å². The molecule has 1 aromatic carbocycles. The number of carbonyl (C=O) groups is 2. The summed E-state index contributed by atoms with van der Waals surface area (Å²) in [5.74, 6) is -0.741. The summed E-state index contributed by atoms with van der Waals surface area (Å²) in [4.78, 5) is 29.8. The second-order valence-corrected chi connectivity index (χ2v) is 10.6. The lowest BCUT2D eigenvalue weighted by atomic mass is 9.98. The van der Waals surface area contributed by atoms with Crippen LogP contribution in [0.3, 0.4) is 0 Å². The van der Waals surface area contributed by atoms with E-state index in [9.17, 15) is 27.8 Å². The van der Waals surface area contributed by atoms with Crippen LogP contribution in [-0.4, -0.2) is 66.7 Å². The summed E-state index contributed by atoms with van der Waals surface area (Å²) in [7, 11) is 1.49. The van der Waals surface area contributed by atoms with Crippen LogP contribution in [0, 0.1) is 15.3 Å². The smallest absolute Gasteiger partial charge is 0.407 e. The van der Waals surface area contributed by atoms with Crippen molar-refractivity contribution in [3.05, 3.63) is 51.0 Å². The highest BCUT2D eigenvalue weighted by Gasteiger charge is 2.27. The van der Waals surface area contributed by atoms with E-state index in [-0.39, 0.29) is 42.6 Å². The zero-order chi connectivity index (χ0) is 26.0. The van der Waals surface area contributed by atoms with E-state index < -0.39 is 29.1 Å². The number of amides is 2. The van der Waals surface area contributed by atoms with Gasteiger partial charge in [-0.15, -0.1) is 0 Å². The number of aromatic nitrogens is 1. The van der Waals surface area contributed by atoms with Crippen molar-refractivity contribution in [2.45, 2.75) is 19.4 Å². The van der Waals surface area contributed by atoms with Crippen LogP contribution in [0.1, 0.15) is 28.9 Å². The summed E-state index contributed by atoms with van der Waals surface area (Å²) < 4.78 is 45.3. The maximum absolute atomic E-state index is 13.4. The molecule has 2 amide bonds. The Balaban J connectivity index is 1.67. The minimum Gasteiger partial charge on any atom is -0.760 e. The van der Waals surface area contributed by atoms with Gasteiger partial charge in [-0.25, -0.2) is 18.5 Å². The summed E-state index contributed by atoms with van der Waals surface area (Å²) >= 11 is -0.536. The van der Waals surface area contributed by atoms with E-state index >= 15 is 0 Å². The van der Waals surface area contributed by atoms with Gasteiger partial charge in [-0.05, 0) is 71.7 Å². The molecule has 4 rings (SSSR count). The molecule has 2 N–H and O–H groups in total. The molecule has 0 saturated carbocycles. The molecule has 2 aromatic heterocycles. The Labute approximate surface area is 222 Å². The summed E-state index contributed by atoms with van der Waals surface area (Å²) in [5, 5.41) is 12.3. The number of carbonyl (C=O) groups excluding carboxylic acids is 1. The number of hydrogen-bond acceptors (Lipinski definition) is 6. The lowest BCUT2D eigenvalue weighted by molar-refractivity contribution is 0.0964. The van der Waals surface area contributed by atoms with Gasteiger partial charge in [0.15, 0.2) is 0 Å². The Morgan fingerprint density at radius 1 is 1.39 bits per heavy atom. The molecule has 0 aliphatic carbocycles. The fraction of sp³-hybridized carbons (Fsp3) is 0.348. The molecule has 2 atom stereocenters. The fourth-order valence-electron chi connectivity index (χ4n) is 4.32. The van der Waals surface area contributed by atoms with Gasteiger partial charge in [-0.3, -0.25) is 9.00 Å². The van der Waals surface area contributed by atoms with Gasteiger partial charge in [0.25, 0.3) is 5.91 Å². The third kappa shape index (κ3) is 5.68. The third-order valence-electron chi connectivity index (χ3n) is 6.06. The second kappa shape index (κ2) is 11.2. The first-order valence-electron chi connectivity index (χ1n) is 11.1. The summed E-state index contributed by atoms with van der Waals surface area (Å²) in [6.45, 7) is 0.806. The van der Waals surface area contributed by atoms with Gasteiger partial charge in [-0.2, -0.15) is 0 Å². The predicted octanol–water partition coefficient (Wildman–Crippen LogP) is 3.58. The number of benzene rings is 1. The van der Waals surface area contributed by atoms with Crippen molar-refractivity contribution in [1.29, 1.82) is 0 Å². The van der Waals surface area contributed by atoms with E-state index in [1.165, 1.54) is 40.5 Å². The van der Waals surface area contributed by atoms with Crippen LogP contribution in [0.4, 0.5) is 9.18 Å². The van der Waals surface area contributed by atoms with Crippen LogP contribution in [0.2, 0.25) is 0 Å². The molecule has 3 aromatic rings. The lowest BCUT2D eigenvalue weighted by Crippen LogP contribution is -2.43.